The van der Waals surface area contributed by atoms with Gasteiger partial charge in [-0.25, -0.2) is 0 Å². The predicted molar refractivity (Wildman–Crippen MR) is 186 cm³/mol. The Hall–Kier alpha value is -3.90. The maximum absolute atomic E-state index is 2.44. The van der Waals surface area contributed by atoms with E-state index in [9.17, 15) is 0 Å². The number of rotatable bonds is 8. The highest BCUT2D eigenvalue weighted by Crippen LogP contribution is 2.30. The van der Waals surface area contributed by atoms with Crippen molar-refractivity contribution in [1.29, 1.82) is 0 Å². The lowest BCUT2D eigenvalue weighted by Gasteiger charge is -2.20. The first-order valence-corrected chi connectivity index (χ1v) is 15.9. The molecule has 0 N–H and O–H groups in total. The van der Waals surface area contributed by atoms with E-state index in [-0.39, 0.29) is 0 Å². The summed E-state index contributed by atoms with van der Waals surface area (Å²) < 4.78 is 0. The van der Waals surface area contributed by atoms with Gasteiger partial charge >= 0.3 is 0 Å². The molecule has 0 fully saturated rings. The first kappa shape index (κ1) is 30.6. The molecule has 5 aromatic carbocycles. The molecule has 0 unspecified atom stereocenters. The van der Waals surface area contributed by atoms with Crippen LogP contribution in [0.25, 0.3) is 0 Å². The van der Waals surface area contributed by atoms with E-state index >= 15 is 0 Å². The average Bonchev–Trinajstić information content (AvgIpc) is 2.97. The van der Waals surface area contributed by atoms with Crippen LogP contribution >= 0.6 is 0 Å². The van der Waals surface area contributed by atoms with Gasteiger partial charge in [-0.3, -0.25) is 0 Å². The van der Waals surface area contributed by atoms with Crippen molar-refractivity contribution in [2.45, 2.75) is 88.0 Å². The standard InChI is InChI=1S/C43H48/c1-27-10-15-36(16-11-27)23-42-30(4)14-19-38(34(42)8)25-39-20-29(3)21-40(33(39)7)26-41-22-31(5)32(6)43(35(41)9)24-37-17-12-28(2)13-18-37/h10-22H,23-26H2,1-9H3. The maximum atomic E-state index is 2.44. The Morgan fingerprint density at radius 2 is 0.791 bits per heavy atom. The molecule has 0 atom stereocenters. The zero-order valence-corrected chi connectivity index (χ0v) is 27.8. The summed E-state index contributed by atoms with van der Waals surface area (Å²) in [5, 5.41) is 0. The van der Waals surface area contributed by atoms with E-state index in [2.05, 4.69) is 141 Å². The van der Waals surface area contributed by atoms with Gasteiger partial charge in [0, 0.05) is 0 Å². The Labute approximate surface area is 260 Å². The van der Waals surface area contributed by atoms with Gasteiger partial charge in [0.05, 0.1) is 0 Å². The monoisotopic (exact) mass is 564 g/mol. The maximum Gasteiger partial charge on any atom is -0.00201 e. The molecule has 0 nitrogen and oxygen atoms in total. The molecule has 220 valence electrons. The van der Waals surface area contributed by atoms with Crippen molar-refractivity contribution in [2.24, 2.45) is 0 Å². The highest BCUT2D eigenvalue weighted by Gasteiger charge is 2.16. The van der Waals surface area contributed by atoms with Gasteiger partial charge in [-0.05, 0) is 166 Å². The summed E-state index contributed by atoms with van der Waals surface area (Å²) in [5.41, 5.74) is 24.0. The highest BCUT2D eigenvalue weighted by molar-refractivity contribution is 5.51. The second kappa shape index (κ2) is 12.8. The number of aryl methyl sites for hydroxylation is 5. The van der Waals surface area contributed by atoms with Gasteiger partial charge in [-0.15, -0.1) is 0 Å². The van der Waals surface area contributed by atoms with Crippen molar-refractivity contribution in [3.8, 4) is 0 Å². The summed E-state index contributed by atoms with van der Waals surface area (Å²) in [6.45, 7) is 20.4. The van der Waals surface area contributed by atoms with Crippen LogP contribution in [-0.4, -0.2) is 0 Å². The first-order valence-electron chi connectivity index (χ1n) is 15.9. The van der Waals surface area contributed by atoms with Crippen LogP contribution in [-0.2, 0) is 25.7 Å². The zero-order chi connectivity index (χ0) is 30.8. The molecule has 0 amide bonds. The van der Waals surface area contributed by atoms with Crippen molar-refractivity contribution in [3.05, 3.63) is 173 Å². The minimum atomic E-state index is 0.970. The predicted octanol–water partition coefficient (Wildman–Crippen LogP) is 10.8. The van der Waals surface area contributed by atoms with Crippen LogP contribution in [0.3, 0.4) is 0 Å². The third kappa shape index (κ3) is 6.86. The van der Waals surface area contributed by atoms with Gasteiger partial charge in [0.2, 0.25) is 0 Å². The van der Waals surface area contributed by atoms with Crippen LogP contribution in [0, 0.1) is 62.3 Å². The van der Waals surface area contributed by atoms with Crippen molar-refractivity contribution in [1.82, 2.24) is 0 Å². The van der Waals surface area contributed by atoms with Crippen molar-refractivity contribution >= 4 is 0 Å². The molecule has 0 bridgehead atoms. The minimum Gasteiger partial charge on any atom is -0.0590 e. The Kier molecular flexibility index (Phi) is 9.07. The molecule has 0 aliphatic carbocycles. The van der Waals surface area contributed by atoms with Gasteiger partial charge in [0.1, 0.15) is 0 Å². The van der Waals surface area contributed by atoms with E-state index in [1.165, 1.54) is 94.6 Å². The van der Waals surface area contributed by atoms with Crippen molar-refractivity contribution in [2.75, 3.05) is 0 Å². The summed E-state index contributed by atoms with van der Waals surface area (Å²) in [4.78, 5) is 0. The smallest absolute Gasteiger partial charge is 0.00201 e. The molecule has 0 aromatic heterocycles. The molecule has 0 heterocycles. The minimum absolute atomic E-state index is 0.970. The van der Waals surface area contributed by atoms with Crippen LogP contribution in [0.1, 0.15) is 94.6 Å². The Balaban J connectivity index is 1.45. The van der Waals surface area contributed by atoms with Gasteiger partial charge in [0.15, 0.2) is 0 Å². The van der Waals surface area contributed by atoms with Crippen LogP contribution in [0.2, 0.25) is 0 Å². The molecule has 0 saturated carbocycles. The molecule has 0 radical (unpaired) electrons. The van der Waals surface area contributed by atoms with E-state index in [1.54, 1.807) is 0 Å². The van der Waals surface area contributed by atoms with E-state index in [1.807, 2.05) is 0 Å². The summed E-state index contributed by atoms with van der Waals surface area (Å²) in [5.74, 6) is 0. The van der Waals surface area contributed by atoms with E-state index in [0.717, 1.165) is 25.7 Å². The second-order valence-corrected chi connectivity index (χ2v) is 13.1. The third-order valence-electron chi connectivity index (χ3n) is 9.85. The largest absolute Gasteiger partial charge is 0.0590 e. The molecule has 5 rings (SSSR count). The highest BCUT2D eigenvalue weighted by atomic mass is 14.2. The molecule has 0 saturated heterocycles. The lowest BCUT2D eigenvalue weighted by molar-refractivity contribution is 1.02. The summed E-state index contributed by atoms with van der Waals surface area (Å²) in [6.07, 6.45) is 3.92. The molecule has 0 aliphatic heterocycles. The SMILES string of the molecule is Cc1ccc(Cc2c(C)ccc(Cc3cc(C)cc(Cc4cc(C)c(C)c(Cc5ccc(C)cc5)c4C)c3C)c2C)cc1. The van der Waals surface area contributed by atoms with Gasteiger partial charge in [-0.2, -0.15) is 0 Å². The quantitative estimate of drug-likeness (QED) is 0.176. The number of benzene rings is 5. The lowest BCUT2D eigenvalue weighted by atomic mass is 9.85. The Morgan fingerprint density at radius 3 is 1.35 bits per heavy atom. The topological polar surface area (TPSA) is 0 Å². The molecule has 0 spiro atoms. The molecule has 0 aliphatic rings. The van der Waals surface area contributed by atoms with Crippen LogP contribution in [0.5, 0.6) is 0 Å². The summed E-state index contributed by atoms with van der Waals surface area (Å²) in [7, 11) is 0. The second-order valence-electron chi connectivity index (χ2n) is 13.1. The summed E-state index contributed by atoms with van der Waals surface area (Å²) in [6, 6.07) is 30.0. The summed E-state index contributed by atoms with van der Waals surface area (Å²) >= 11 is 0. The first-order chi connectivity index (χ1) is 20.5. The molecular weight excluding hydrogens is 516 g/mol. The van der Waals surface area contributed by atoms with E-state index in [0.29, 0.717) is 0 Å². The zero-order valence-electron chi connectivity index (χ0n) is 27.8. The molecular formula is C43H48. The third-order valence-corrected chi connectivity index (χ3v) is 9.85. The fraction of sp³-hybridized carbons (Fsp3) is 0.302. The van der Waals surface area contributed by atoms with E-state index in [4.69, 9.17) is 0 Å². The van der Waals surface area contributed by atoms with Gasteiger partial charge in [-0.1, -0.05) is 95.6 Å². The van der Waals surface area contributed by atoms with Crippen LogP contribution in [0.15, 0.2) is 78.9 Å². The molecule has 0 heteroatoms. The molecule has 43 heavy (non-hydrogen) atoms. The lowest BCUT2D eigenvalue weighted by Crippen LogP contribution is -2.06. The van der Waals surface area contributed by atoms with Crippen molar-refractivity contribution < 1.29 is 0 Å². The molecule has 5 aromatic rings. The fourth-order valence-electron chi connectivity index (χ4n) is 6.66. The normalized spacial score (nSPS) is 11.3. The van der Waals surface area contributed by atoms with Gasteiger partial charge in [0.25, 0.3) is 0 Å². The Morgan fingerprint density at radius 1 is 0.326 bits per heavy atom. The van der Waals surface area contributed by atoms with Crippen LogP contribution in [0.4, 0.5) is 0 Å². The van der Waals surface area contributed by atoms with Crippen molar-refractivity contribution in [3.63, 3.8) is 0 Å². The number of hydrogen-bond donors (Lipinski definition) is 0. The fourth-order valence-corrected chi connectivity index (χ4v) is 6.66. The van der Waals surface area contributed by atoms with Crippen LogP contribution < -0.4 is 0 Å². The average molecular weight is 565 g/mol. The van der Waals surface area contributed by atoms with Gasteiger partial charge < -0.3 is 0 Å². The Bertz CT molecular complexity index is 1760. The number of hydrogen-bond acceptors (Lipinski definition) is 0. The van der Waals surface area contributed by atoms with E-state index < -0.39 is 0 Å².